The van der Waals surface area contributed by atoms with Crippen molar-refractivity contribution in [1.29, 1.82) is 0 Å². The summed E-state index contributed by atoms with van der Waals surface area (Å²) in [6, 6.07) is -1.10. The van der Waals surface area contributed by atoms with Crippen LogP contribution in [0.1, 0.15) is 6.92 Å². The number of nitrogens with zero attached hydrogens (tertiary/aromatic N) is 2. The fraction of sp³-hybridized carbons (Fsp3) is 0.778. The Morgan fingerprint density at radius 3 is 2.75 bits per heavy atom. The van der Waals surface area contributed by atoms with E-state index in [2.05, 4.69) is 0 Å². The zero-order chi connectivity index (χ0) is 12.3. The van der Waals surface area contributed by atoms with Crippen molar-refractivity contribution in [3.8, 4) is 0 Å². The van der Waals surface area contributed by atoms with Crippen molar-refractivity contribution in [2.75, 3.05) is 25.2 Å². The summed E-state index contributed by atoms with van der Waals surface area (Å²) >= 11 is 1.42. The number of aliphatic hydroxyl groups excluding tert-OH is 1. The van der Waals surface area contributed by atoms with Gasteiger partial charge in [0.1, 0.15) is 6.04 Å². The first-order chi connectivity index (χ1) is 7.43. The SMILES string of the molecule is CC(O)CN(C)C(=O)N1CSC[C@H]1C(=O)O. The van der Waals surface area contributed by atoms with Gasteiger partial charge < -0.3 is 20.0 Å². The zero-order valence-electron chi connectivity index (χ0n) is 9.29. The van der Waals surface area contributed by atoms with Gasteiger partial charge in [-0.1, -0.05) is 0 Å². The van der Waals surface area contributed by atoms with Crippen LogP contribution in [0.4, 0.5) is 4.79 Å². The Hall–Kier alpha value is -0.950. The Morgan fingerprint density at radius 1 is 1.62 bits per heavy atom. The number of thioether (sulfide) groups is 1. The standard InChI is InChI=1S/C9H16N2O4S/c1-6(12)3-10(2)9(15)11-5-16-4-7(11)8(13)14/h6-7,12H,3-5H2,1-2H3,(H,13,14)/t6?,7-/m0/s1. The Morgan fingerprint density at radius 2 is 2.25 bits per heavy atom. The highest BCUT2D eigenvalue weighted by atomic mass is 32.2. The number of likely N-dealkylation sites (N-methyl/N-ethyl adjacent to an activating group) is 1. The van der Waals surface area contributed by atoms with Gasteiger partial charge in [-0.15, -0.1) is 11.8 Å². The number of hydrogen-bond acceptors (Lipinski definition) is 4. The summed E-state index contributed by atoms with van der Waals surface area (Å²) < 4.78 is 0. The molecule has 0 spiro atoms. The fourth-order valence-corrected chi connectivity index (χ4v) is 2.67. The van der Waals surface area contributed by atoms with Gasteiger partial charge in [-0.05, 0) is 6.92 Å². The number of carbonyl (C=O) groups excluding carboxylic acids is 1. The van der Waals surface area contributed by atoms with Gasteiger partial charge in [0.2, 0.25) is 0 Å². The minimum atomic E-state index is -0.983. The Labute approximate surface area is 98.2 Å². The number of aliphatic hydroxyl groups is 1. The quantitative estimate of drug-likeness (QED) is 0.727. The Bertz CT molecular complexity index is 285. The third-order valence-electron chi connectivity index (χ3n) is 2.28. The van der Waals surface area contributed by atoms with Gasteiger partial charge in [-0.25, -0.2) is 9.59 Å². The summed E-state index contributed by atoms with van der Waals surface area (Å²) in [6.45, 7) is 1.78. The Balaban J connectivity index is 2.62. The molecule has 7 heteroatoms. The van der Waals surface area contributed by atoms with Crippen LogP contribution in [0, 0.1) is 0 Å². The molecule has 1 fully saturated rings. The molecule has 0 saturated carbocycles. The van der Waals surface area contributed by atoms with Crippen LogP contribution >= 0.6 is 11.8 Å². The van der Waals surface area contributed by atoms with Crippen LogP contribution in [0.15, 0.2) is 0 Å². The summed E-state index contributed by atoms with van der Waals surface area (Å²) in [4.78, 5) is 25.4. The van der Waals surface area contributed by atoms with E-state index in [4.69, 9.17) is 10.2 Å². The third-order valence-corrected chi connectivity index (χ3v) is 3.29. The molecule has 2 amide bonds. The van der Waals surface area contributed by atoms with Crippen LogP contribution < -0.4 is 0 Å². The van der Waals surface area contributed by atoms with Crippen LogP contribution in [-0.4, -0.2) is 69.4 Å². The molecule has 1 saturated heterocycles. The van der Waals surface area contributed by atoms with E-state index in [0.717, 1.165) is 0 Å². The van der Waals surface area contributed by atoms with Gasteiger partial charge in [-0.3, -0.25) is 0 Å². The minimum Gasteiger partial charge on any atom is -0.480 e. The molecule has 0 aromatic heterocycles. The van der Waals surface area contributed by atoms with E-state index < -0.39 is 18.1 Å². The summed E-state index contributed by atoms with van der Waals surface area (Å²) in [5, 5.41) is 18.1. The molecule has 2 atom stereocenters. The van der Waals surface area contributed by atoms with Crippen molar-refractivity contribution < 1.29 is 19.8 Å². The van der Waals surface area contributed by atoms with Gasteiger partial charge >= 0.3 is 12.0 Å². The molecule has 2 N–H and O–H groups in total. The van der Waals surface area contributed by atoms with Crippen LogP contribution in [0.2, 0.25) is 0 Å². The second kappa shape index (κ2) is 5.40. The lowest BCUT2D eigenvalue weighted by Gasteiger charge is -2.27. The number of rotatable bonds is 3. The molecule has 1 aliphatic heterocycles. The summed E-state index contributed by atoms with van der Waals surface area (Å²) in [5.74, 6) is -0.174. The van der Waals surface area contributed by atoms with Crippen molar-refractivity contribution in [3.05, 3.63) is 0 Å². The average molecular weight is 248 g/mol. The predicted octanol–water partition coefficient (Wildman–Crippen LogP) is -0.121. The monoisotopic (exact) mass is 248 g/mol. The molecule has 1 heterocycles. The molecule has 0 aromatic carbocycles. The number of amides is 2. The van der Waals surface area contributed by atoms with Gasteiger partial charge in [0.25, 0.3) is 0 Å². The molecular weight excluding hydrogens is 232 g/mol. The molecule has 92 valence electrons. The van der Waals surface area contributed by atoms with Crippen LogP contribution in [0.5, 0.6) is 0 Å². The van der Waals surface area contributed by atoms with Gasteiger partial charge in [0.05, 0.1) is 12.0 Å². The number of aliphatic carboxylic acids is 1. The molecule has 0 aliphatic carbocycles. The van der Waals surface area contributed by atoms with Gasteiger partial charge in [0, 0.05) is 19.3 Å². The smallest absolute Gasteiger partial charge is 0.327 e. The van der Waals surface area contributed by atoms with Crippen LogP contribution in [0.25, 0.3) is 0 Å². The molecule has 1 unspecified atom stereocenters. The first-order valence-electron chi connectivity index (χ1n) is 4.94. The van der Waals surface area contributed by atoms with Crippen molar-refractivity contribution in [2.45, 2.75) is 19.1 Å². The number of carboxylic acid groups (broad SMARTS) is 1. The largest absolute Gasteiger partial charge is 0.480 e. The molecule has 0 aromatic rings. The van der Waals surface area contributed by atoms with E-state index in [1.54, 1.807) is 14.0 Å². The number of urea groups is 1. The lowest BCUT2D eigenvalue weighted by Crippen LogP contribution is -2.48. The molecule has 0 radical (unpaired) electrons. The zero-order valence-corrected chi connectivity index (χ0v) is 10.1. The van der Waals surface area contributed by atoms with Gasteiger partial charge in [-0.2, -0.15) is 0 Å². The molecule has 6 nitrogen and oxygen atoms in total. The van der Waals surface area contributed by atoms with Crippen LogP contribution in [0.3, 0.4) is 0 Å². The average Bonchev–Trinajstić information content (AvgIpc) is 2.63. The van der Waals surface area contributed by atoms with E-state index in [9.17, 15) is 9.59 Å². The third kappa shape index (κ3) is 3.02. The fourth-order valence-electron chi connectivity index (χ4n) is 1.53. The summed E-state index contributed by atoms with van der Waals surface area (Å²) in [7, 11) is 1.55. The maximum Gasteiger partial charge on any atom is 0.327 e. The predicted molar refractivity (Wildman–Crippen MR) is 60.3 cm³/mol. The molecule has 16 heavy (non-hydrogen) atoms. The van der Waals surface area contributed by atoms with E-state index in [1.165, 1.54) is 21.6 Å². The molecule has 1 rings (SSSR count). The van der Waals surface area contributed by atoms with Crippen molar-refractivity contribution in [2.24, 2.45) is 0 Å². The number of hydrogen-bond donors (Lipinski definition) is 2. The molecule has 0 bridgehead atoms. The first kappa shape index (κ1) is 13.1. The maximum absolute atomic E-state index is 11.9. The number of carboxylic acids is 1. The van der Waals surface area contributed by atoms with Crippen molar-refractivity contribution in [1.82, 2.24) is 9.80 Å². The lowest BCUT2D eigenvalue weighted by molar-refractivity contribution is -0.140. The highest BCUT2D eigenvalue weighted by Gasteiger charge is 2.36. The van der Waals surface area contributed by atoms with Crippen molar-refractivity contribution >= 4 is 23.8 Å². The van der Waals surface area contributed by atoms with Gasteiger partial charge in [0.15, 0.2) is 0 Å². The highest BCUT2D eigenvalue weighted by Crippen LogP contribution is 2.22. The number of carbonyl (C=O) groups is 2. The Kier molecular flexibility index (Phi) is 4.43. The minimum absolute atomic E-state index is 0.201. The normalized spacial score (nSPS) is 21.9. The second-order valence-electron chi connectivity index (χ2n) is 3.84. The maximum atomic E-state index is 11.9. The summed E-state index contributed by atoms with van der Waals surface area (Å²) in [5.41, 5.74) is 0. The second-order valence-corrected chi connectivity index (χ2v) is 4.84. The van der Waals surface area contributed by atoms with E-state index in [-0.39, 0.29) is 12.6 Å². The topological polar surface area (TPSA) is 81.1 Å². The first-order valence-corrected chi connectivity index (χ1v) is 6.09. The van der Waals surface area contributed by atoms with E-state index in [1.807, 2.05) is 0 Å². The lowest BCUT2D eigenvalue weighted by atomic mass is 10.3. The molecular formula is C9H16N2O4S. The van der Waals surface area contributed by atoms with E-state index in [0.29, 0.717) is 11.6 Å². The molecule has 1 aliphatic rings. The van der Waals surface area contributed by atoms with Crippen LogP contribution in [-0.2, 0) is 4.79 Å². The van der Waals surface area contributed by atoms with Crippen molar-refractivity contribution in [3.63, 3.8) is 0 Å². The summed E-state index contributed by atoms with van der Waals surface area (Å²) in [6.07, 6.45) is -0.618. The van der Waals surface area contributed by atoms with E-state index >= 15 is 0 Å². The highest BCUT2D eigenvalue weighted by molar-refractivity contribution is 7.99.